The van der Waals surface area contributed by atoms with Crippen LogP contribution in [0.5, 0.6) is 0 Å². The monoisotopic (exact) mass is 734 g/mol. The molecule has 0 saturated carbocycles. The molecule has 0 spiro atoms. The molecule has 260 valence electrons. The molecule has 2 unspecified atom stereocenters. The topological polar surface area (TPSA) is 238 Å². The van der Waals surface area contributed by atoms with Crippen LogP contribution in [-0.4, -0.2) is 0 Å². The molecule has 0 fully saturated rings. The van der Waals surface area contributed by atoms with Crippen molar-refractivity contribution < 1.29 is 0 Å². The summed E-state index contributed by atoms with van der Waals surface area (Å²) in [6.07, 6.45) is 3.58. The van der Waals surface area contributed by atoms with Gasteiger partial charge in [0.05, 0.1) is 92.6 Å². The molecule has 10 heteroatoms. The molecule has 0 heterocycles. The number of nitriles is 10. The molecular weight excluding hydrogens is 717 g/mol. The van der Waals surface area contributed by atoms with Crippen LogP contribution in [-0.2, 0) is 0 Å². The third kappa shape index (κ3) is 5.93. The number of allylic oxidation sites excluding steroid dienone is 12. The van der Waals surface area contributed by atoms with E-state index in [0.29, 0.717) is 55.7 Å². The van der Waals surface area contributed by atoms with Crippen molar-refractivity contribution in [2.45, 2.75) is 0 Å². The summed E-state index contributed by atoms with van der Waals surface area (Å²) in [5, 5.41) is 102. The molecule has 3 aliphatic carbocycles. The van der Waals surface area contributed by atoms with Gasteiger partial charge in [0.2, 0.25) is 0 Å². The van der Waals surface area contributed by atoms with Crippen LogP contribution in [0.25, 0.3) is 22.3 Å². The average molecular weight is 735 g/mol. The fourth-order valence-corrected chi connectivity index (χ4v) is 7.75. The van der Waals surface area contributed by atoms with Gasteiger partial charge in [0, 0.05) is 34.1 Å². The number of rotatable bonds is 4. The third-order valence-electron chi connectivity index (χ3n) is 10.2. The van der Waals surface area contributed by atoms with E-state index in [0.717, 1.165) is 0 Å². The molecular formula is C48H18N10. The van der Waals surface area contributed by atoms with Crippen LogP contribution in [0.3, 0.4) is 0 Å². The molecule has 0 N–H and O–H groups in total. The molecule has 4 aromatic carbocycles. The minimum atomic E-state index is -0.766. The standard InChI is InChI=1S/C48H18N10/c49-17-27-1-5-33(6-2-27)45-43(25-57)37-15-40-38(16-39(37)47(45)41(23-55)35-11-29(19-51)9-30(12-35)20-52)44(26-58)46(34-7-3-28(18-50)4-8-34)48(40)42(24-56)36-13-31(21-53)10-32(14-36)22-54/h1-16,37,39H/b47-41+,48-42+. The average Bonchev–Trinajstić information content (AvgIpc) is 3.77. The van der Waals surface area contributed by atoms with Crippen molar-refractivity contribution in [3.05, 3.63) is 186 Å². The van der Waals surface area contributed by atoms with Gasteiger partial charge in [-0.1, -0.05) is 36.4 Å². The van der Waals surface area contributed by atoms with Gasteiger partial charge in [0.1, 0.15) is 18.2 Å². The molecule has 10 nitrogen and oxygen atoms in total. The zero-order valence-corrected chi connectivity index (χ0v) is 29.9. The molecule has 0 aliphatic heterocycles. The van der Waals surface area contributed by atoms with Crippen LogP contribution in [0.1, 0.15) is 55.6 Å². The molecule has 3 aliphatic rings. The van der Waals surface area contributed by atoms with Crippen molar-refractivity contribution in [2.75, 3.05) is 0 Å². The largest absolute Gasteiger partial charge is 0.193 e. The Hall–Kier alpha value is -9.78. The lowest BCUT2D eigenvalue weighted by Crippen LogP contribution is -2.15. The lowest BCUT2D eigenvalue weighted by Gasteiger charge is -2.25. The van der Waals surface area contributed by atoms with Crippen molar-refractivity contribution in [1.29, 1.82) is 52.6 Å². The number of hydrogen-bond acceptors (Lipinski definition) is 10. The Kier molecular flexibility index (Phi) is 9.41. The van der Waals surface area contributed by atoms with E-state index in [-0.39, 0.29) is 55.7 Å². The van der Waals surface area contributed by atoms with Crippen molar-refractivity contribution >= 4 is 22.3 Å². The van der Waals surface area contributed by atoms with Gasteiger partial charge >= 0.3 is 0 Å². The maximum atomic E-state index is 11.0. The van der Waals surface area contributed by atoms with Gasteiger partial charge in [-0.25, -0.2) is 0 Å². The highest BCUT2D eigenvalue weighted by molar-refractivity contribution is 6.08. The summed E-state index contributed by atoms with van der Waals surface area (Å²) < 4.78 is 0. The highest BCUT2D eigenvalue weighted by Crippen LogP contribution is 2.58. The van der Waals surface area contributed by atoms with Crippen LogP contribution in [0.4, 0.5) is 0 Å². The predicted octanol–water partition coefficient (Wildman–Crippen LogP) is 8.25. The SMILES string of the molecule is N#CC1=C(c2ccc(C#N)cc2)/C(=C(\C#N)c2cc(C#N)cc(C#N)c2)C2=CC3C(C#N)=C(c4ccc(C#N)cc4)/C(=C(\C#N)c4cc(C#N)cc(C#N)c4)C3C=C21. The van der Waals surface area contributed by atoms with Gasteiger partial charge < -0.3 is 0 Å². The van der Waals surface area contributed by atoms with Gasteiger partial charge in [-0.05, 0) is 99.6 Å². The smallest absolute Gasteiger partial charge is 0.100 e. The van der Waals surface area contributed by atoms with Gasteiger partial charge in [-0.3, -0.25) is 0 Å². The Morgan fingerprint density at radius 3 is 1.24 bits per heavy atom. The second-order valence-electron chi connectivity index (χ2n) is 13.2. The fraction of sp³-hybridized carbons (Fsp3) is 0.0417. The van der Waals surface area contributed by atoms with Crippen molar-refractivity contribution in [2.24, 2.45) is 11.8 Å². The number of nitrogens with zero attached hydrogens (tertiary/aromatic N) is 10. The van der Waals surface area contributed by atoms with E-state index >= 15 is 0 Å². The van der Waals surface area contributed by atoms with Crippen molar-refractivity contribution in [3.8, 4) is 60.7 Å². The van der Waals surface area contributed by atoms with E-state index in [1.807, 2.05) is 24.3 Å². The molecule has 2 atom stereocenters. The first-order valence-corrected chi connectivity index (χ1v) is 17.2. The molecule has 0 bridgehead atoms. The molecule has 4 aromatic rings. The first-order valence-electron chi connectivity index (χ1n) is 17.2. The zero-order valence-electron chi connectivity index (χ0n) is 29.9. The molecule has 0 saturated heterocycles. The normalized spacial score (nSPS) is 17.6. The fourth-order valence-electron chi connectivity index (χ4n) is 7.75. The Morgan fingerprint density at radius 1 is 0.397 bits per heavy atom. The summed E-state index contributed by atoms with van der Waals surface area (Å²) in [5.41, 5.74) is 5.63. The van der Waals surface area contributed by atoms with Crippen LogP contribution >= 0.6 is 0 Å². The van der Waals surface area contributed by atoms with E-state index < -0.39 is 11.8 Å². The van der Waals surface area contributed by atoms with Crippen LogP contribution in [0, 0.1) is 125 Å². The predicted molar refractivity (Wildman–Crippen MR) is 207 cm³/mol. The van der Waals surface area contributed by atoms with Gasteiger partial charge in [-0.15, -0.1) is 0 Å². The molecule has 0 amide bonds. The summed E-state index contributed by atoms with van der Waals surface area (Å²) in [5.74, 6) is -1.52. The summed E-state index contributed by atoms with van der Waals surface area (Å²) in [6.45, 7) is 0. The van der Waals surface area contributed by atoms with Crippen LogP contribution < -0.4 is 0 Å². The van der Waals surface area contributed by atoms with E-state index in [9.17, 15) is 52.6 Å². The number of hydrogen-bond donors (Lipinski definition) is 0. The second-order valence-corrected chi connectivity index (χ2v) is 13.2. The minimum Gasteiger partial charge on any atom is -0.193 e. The van der Waals surface area contributed by atoms with Crippen LogP contribution in [0.2, 0.25) is 0 Å². The Labute approximate surface area is 332 Å². The lowest BCUT2D eigenvalue weighted by molar-refractivity contribution is 0.652. The van der Waals surface area contributed by atoms with Gasteiger partial charge in [0.15, 0.2) is 0 Å². The number of fused-ring (bicyclic) bond motifs is 2. The Morgan fingerprint density at radius 2 is 0.828 bits per heavy atom. The quantitative estimate of drug-likeness (QED) is 0.182. The summed E-state index contributed by atoms with van der Waals surface area (Å²) in [7, 11) is 0. The van der Waals surface area contributed by atoms with Crippen molar-refractivity contribution in [3.63, 3.8) is 0 Å². The summed E-state index contributed by atoms with van der Waals surface area (Å²) in [4.78, 5) is 0. The highest BCUT2D eigenvalue weighted by atomic mass is 14.5. The van der Waals surface area contributed by atoms with E-state index in [2.05, 4.69) is 36.4 Å². The summed E-state index contributed by atoms with van der Waals surface area (Å²) in [6, 6.07) is 43.2. The number of benzene rings is 4. The molecule has 7 rings (SSSR count). The van der Waals surface area contributed by atoms with Gasteiger partial charge in [0.25, 0.3) is 0 Å². The van der Waals surface area contributed by atoms with E-state index in [1.54, 1.807) is 60.7 Å². The maximum Gasteiger partial charge on any atom is 0.100 e. The van der Waals surface area contributed by atoms with Crippen molar-refractivity contribution in [1.82, 2.24) is 0 Å². The van der Waals surface area contributed by atoms with E-state index in [1.165, 1.54) is 36.4 Å². The first-order chi connectivity index (χ1) is 28.3. The third-order valence-corrected chi connectivity index (χ3v) is 10.2. The molecule has 0 radical (unpaired) electrons. The Balaban J connectivity index is 1.61. The summed E-state index contributed by atoms with van der Waals surface area (Å²) >= 11 is 0. The lowest BCUT2D eigenvalue weighted by atomic mass is 9.76. The van der Waals surface area contributed by atoms with Gasteiger partial charge in [-0.2, -0.15) is 52.6 Å². The second kappa shape index (κ2) is 14.9. The van der Waals surface area contributed by atoms with E-state index in [4.69, 9.17) is 0 Å². The Bertz CT molecular complexity index is 3140. The first kappa shape index (κ1) is 36.6. The zero-order chi connectivity index (χ0) is 41.1. The maximum absolute atomic E-state index is 11.0. The highest BCUT2D eigenvalue weighted by Gasteiger charge is 2.45. The molecule has 0 aromatic heterocycles. The molecule has 58 heavy (non-hydrogen) atoms. The minimum absolute atomic E-state index is 0.0486. The van der Waals surface area contributed by atoms with Crippen LogP contribution in [0.15, 0.2) is 131 Å².